The van der Waals surface area contributed by atoms with Crippen LogP contribution in [0.25, 0.3) is 5.69 Å². The highest BCUT2D eigenvalue weighted by atomic mass is 16.2. The fraction of sp³-hybridized carbons (Fsp3) is 0.333. The van der Waals surface area contributed by atoms with Crippen LogP contribution in [0, 0.1) is 6.92 Å². The standard InChI is InChI=1S/C18H20N6O/c1-13-5-3-6-15(9-13)24-20-11-16(21-24)18(25)23-8-4-7-17(23)14-10-19-22(2)12-14/h3,5-6,9-12,17H,4,7-8H2,1-2H3/t17-/m1/s1. The summed E-state index contributed by atoms with van der Waals surface area (Å²) in [6, 6.07) is 7.94. The van der Waals surface area contributed by atoms with Crippen molar-refractivity contribution in [1.29, 1.82) is 0 Å². The van der Waals surface area contributed by atoms with Crippen molar-refractivity contribution in [2.75, 3.05) is 6.54 Å². The maximum atomic E-state index is 12.9. The van der Waals surface area contributed by atoms with Crippen LogP contribution in [0.5, 0.6) is 0 Å². The van der Waals surface area contributed by atoms with Crippen LogP contribution in [0.3, 0.4) is 0 Å². The lowest BCUT2D eigenvalue weighted by Gasteiger charge is -2.22. The smallest absolute Gasteiger partial charge is 0.276 e. The van der Waals surface area contributed by atoms with Crippen molar-refractivity contribution in [1.82, 2.24) is 29.7 Å². The van der Waals surface area contributed by atoms with Gasteiger partial charge in [-0.1, -0.05) is 12.1 Å². The van der Waals surface area contributed by atoms with Crippen molar-refractivity contribution < 1.29 is 4.79 Å². The van der Waals surface area contributed by atoms with Crippen LogP contribution < -0.4 is 0 Å². The highest BCUT2D eigenvalue weighted by molar-refractivity contribution is 5.92. The number of aromatic nitrogens is 5. The first-order valence-corrected chi connectivity index (χ1v) is 8.41. The van der Waals surface area contributed by atoms with Gasteiger partial charge in [-0.15, -0.1) is 5.10 Å². The van der Waals surface area contributed by atoms with Crippen LogP contribution in [0.15, 0.2) is 42.9 Å². The Bertz CT molecular complexity index is 912. The minimum absolute atomic E-state index is 0.0605. The Hall–Kier alpha value is -2.96. The number of rotatable bonds is 3. The largest absolute Gasteiger partial charge is 0.330 e. The first-order chi connectivity index (χ1) is 12.1. The Kier molecular flexibility index (Phi) is 3.83. The average Bonchev–Trinajstić information content (AvgIpc) is 3.34. The predicted molar refractivity (Wildman–Crippen MR) is 92.3 cm³/mol. The maximum Gasteiger partial charge on any atom is 0.276 e. The Morgan fingerprint density at radius 2 is 2.12 bits per heavy atom. The molecule has 3 heterocycles. The number of carbonyl (C=O) groups is 1. The van der Waals surface area contributed by atoms with Gasteiger partial charge in [-0.25, -0.2) is 0 Å². The summed E-state index contributed by atoms with van der Waals surface area (Å²) in [5.41, 5.74) is 3.42. The monoisotopic (exact) mass is 336 g/mol. The fourth-order valence-corrected chi connectivity index (χ4v) is 3.35. The number of hydrogen-bond acceptors (Lipinski definition) is 4. The van der Waals surface area contributed by atoms with E-state index >= 15 is 0 Å². The molecule has 1 atom stereocenters. The zero-order valence-electron chi connectivity index (χ0n) is 14.3. The molecular weight excluding hydrogens is 316 g/mol. The van der Waals surface area contributed by atoms with Gasteiger partial charge in [0.2, 0.25) is 0 Å². The lowest BCUT2D eigenvalue weighted by atomic mass is 10.1. The van der Waals surface area contributed by atoms with Crippen molar-refractivity contribution in [3.05, 3.63) is 59.7 Å². The Labute approximate surface area is 145 Å². The summed E-state index contributed by atoms with van der Waals surface area (Å²) in [5, 5.41) is 12.9. The van der Waals surface area contributed by atoms with Gasteiger partial charge in [-0.2, -0.15) is 15.0 Å². The summed E-state index contributed by atoms with van der Waals surface area (Å²) in [5.74, 6) is -0.0785. The molecule has 0 N–H and O–H groups in total. The van der Waals surface area contributed by atoms with Gasteiger partial charge in [0, 0.05) is 25.4 Å². The number of benzene rings is 1. The quantitative estimate of drug-likeness (QED) is 0.736. The molecule has 0 radical (unpaired) electrons. The molecule has 3 aromatic rings. The molecule has 0 saturated carbocycles. The molecule has 4 rings (SSSR count). The molecule has 0 spiro atoms. The summed E-state index contributed by atoms with van der Waals surface area (Å²) >= 11 is 0. The van der Waals surface area contributed by atoms with E-state index in [9.17, 15) is 4.79 Å². The van der Waals surface area contributed by atoms with Gasteiger partial charge in [0.15, 0.2) is 5.69 Å². The number of hydrogen-bond donors (Lipinski definition) is 0. The molecule has 128 valence electrons. The van der Waals surface area contributed by atoms with Crippen molar-refractivity contribution in [2.45, 2.75) is 25.8 Å². The number of carbonyl (C=O) groups excluding carboxylic acids is 1. The van der Waals surface area contributed by atoms with E-state index in [1.807, 2.05) is 55.5 Å². The summed E-state index contributed by atoms with van der Waals surface area (Å²) in [6.07, 6.45) is 7.28. The molecular formula is C18H20N6O. The van der Waals surface area contributed by atoms with Crippen LogP contribution in [0.1, 0.15) is 40.5 Å². The number of amides is 1. The number of aryl methyl sites for hydroxylation is 2. The van der Waals surface area contributed by atoms with Crippen molar-refractivity contribution in [2.24, 2.45) is 7.05 Å². The molecule has 1 fully saturated rings. The van der Waals surface area contributed by atoms with E-state index in [1.165, 1.54) is 4.80 Å². The summed E-state index contributed by atoms with van der Waals surface area (Å²) in [4.78, 5) is 16.3. The molecule has 2 aromatic heterocycles. The average molecular weight is 336 g/mol. The van der Waals surface area contributed by atoms with E-state index in [0.717, 1.165) is 36.2 Å². The van der Waals surface area contributed by atoms with Crippen LogP contribution in [0.2, 0.25) is 0 Å². The first kappa shape index (κ1) is 15.6. The normalized spacial score (nSPS) is 17.2. The van der Waals surface area contributed by atoms with Crippen LogP contribution in [-0.4, -0.2) is 42.1 Å². The Balaban J connectivity index is 1.58. The molecule has 7 nitrogen and oxygen atoms in total. The minimum Gasteiger partial charge on any atom is -0.330 e. The van der Waals surface area contributed by atoms with Gasteiger partial charge in [0.1, 0.15) is 0 Å². The third-order valence-electron chi connectivity index (χ3n) is 4.57. The molecule has 1 aliphatic heterocycles. The van der Waals surface area contributed by atoms with Crippen molar-refractivity contribution in [3.63, 3.8) is 0 Å². The van der Waals surface area contributed by atoms with E-state index in [-0.39, 0.29) is 11.9 Å². The van der Waals surface area contributed by atoms with E-state index in [4.69, 9.17) is 0 Å². The Morgan fingerprint density at radius 1 is 1.24 bits per heavy atom. The van der Waals surface area contributed by atoms with E-state index < -0.39 is 0 Å². The van der Waals surface area contributed by atoms with Gasteiger partial charge in [0.25, 0.3) is 5.91 Å². The zero-order chi connectivity index (χ0) is 17.4. The Morgan fingerprint density at radius 3 is 2.88 bits per heavy atom. The third-order valence-corrected chi connectivity index (χ3v) is 4.57. The van der Waals surface area contributed by atoms with E-state index in [0.29, 0.717) is 5.69 Å². The molecule has 0 unspecified atom stereocenters. The van der Waals surface area contributed by atoms with Gasteiger partial charge in [-0.05, 0) is 37.5 Å². The fourth-order valence-electron chi connectivity index (χ4n) is 3.35. The lowest BCUT2D eigenvalue weighted by Crippen LogP contribution is -2.30. The van der Waals surface area contributed by atoms with Gasteiger partial charge >= 0.3 is 0 Å². The van der Waals surface area contributed by atoms with Gasteiger partial charge in [-0.3, -0.25) is 9.48 Å². The van der Waals surface area contributed by atoms with Crippen molar-refractivity contribution in [3.8, 4) is 5.69 Å². The molecule has 0 bridgehead atoms. The predicted octanol–water partition coefficient (Wildman–Crippen LogP) is 2.29. The highest BCUT2D eigenvalue weighted by Gasteiger charge is 2.32. The molecule has 1 aromatic carbocycles. The van der Waals surface area contributed by atoms with Crippen LogP contribution in [0.4, 0.5) is 0 Å². The van der Waals surface area contributed by atoms with Crippen LogP contribution in [-0.2, 0) is 7.05 Å². The maximum absolute atomic E-state index is 12.9. The summed E-state index contributed by atoms with van der Waals surface area (Å²) < 4.78 is 1.77. The minimum atomic E-state index is -0.0785. The first-order valence-electron chi connectivity index (χ1n) is 8.41. The van der Waals surface area contributed by atoms with E-state index in [2.05, 4.69) is 15.3 Å². The zero-order valence-corrected chi connectivity index (χ0v) is 14.3. The summed E-state index contributed by atoms with van der Waals surface area (Å²) in [6.45, 7) is 2.75. The van der Waals surface area contributed by atoms with Crippen LogP contribution >= 0.6 is 0 Å². The topological polar surface area (TPSA) is 68.8 Å². The molecule has 1 aliphatic rings. The van der Waals surface area contributed by atoms with Gasteiger partial charge in [0.05, 0.1) is 24.1 Å². The molecule has 1 saturated heterocycles. The number of nitrogens with zero attached hydrogens (tertiary/aromatic N) is 6. The SMILES string of the molecule is Cc1cccc(-n2ncc(C(=O)N3CCC[C@@H]3c3cnn(C)c3)n2)c1. The van der Waals surface area contributed by atoms with Gasteiger partial charge < -0.3 is 4.90 Å². The highest BCUT2D eigenvalue weighted by Crippen LogP contribution is 2.32. The second-order valence-corrected chi connectivity index (χ2v) is 6.46. The molecule has 25 heavy (non-hydrogen) atoms. The number of likely N-dealkylation sites (tertiary alicyclic amines) is 1. The second-order valence-electron chi connectivity index (χ2n) is 6.46. The molecule has 0 aliphatic carbocycles. The lowest BCUT2D eigenvalue weighted by molar-refractivity contribution is 0.0729. The third kappa shape index (κ3) is 2.93. The summed E-state index contributed by atoms with van der Waals surface area (Å²) in [7, 11) is 1.89. The van der Waals surface area contributed by atoms with Crippen molar-refractivity contribution >= 4 is 5.91 Å². The molecule has 7 heteroatoms. The van der Waals surface area contributed by atoms with E-state index in [1.54, 1.807) is 10.9 Å². The second kappa shape index (κ2) is 6.16. The molecule has 1 amide bonds.